The SMILES string of the molecule is CCCCCCCCCCCCCCCCC(=O)OC[C@@H](COC(=O)CCCCCCC)OC(=O)CCCCCCCCCCCCCCCCCC(C)C. The molecule has 6 nitrogen and oxygen atoms in total. The van der Waals surface area contributed by atoms with Crippen molar-refractivity contribution in [1.82, 2.24) is 0 Å². The topological polar surface area (TPSA) is 78.9 Å². The van der Waals surface area contributed by atoms with Gasteiger partial charge in [-0.3, -0.25) is 14.4 Å². The van der Waals surface area contributed by atoms with Gasteiger partial charge in [0.2, 0.25) is 0 Å². The van der Waals surface area contributed by atoms with Crippen LogP contribution in [0.25, 0.3) is 0 Å². The van der Waals surface area contributed by atoms with Gasteiger partial charge in [0.15, 0.2) is 6.10 Å². The standard InChI is InChI=1S/C49H94O6/c1-5-7-9-11-12-13-14-15-20-23-26-29-33-37-41-48(51)54-44-46(43-53-47(50)40-36-31-10-8-6-2)55-49(52)42-38-34-30-27-24-21-18-16-17-19-22-25-28-32-35-39-45(3)4/h45-46H,5-44H2,1-4H3/t46-/m1/s1. The molecule has 0 heterocycles. The Bertz CT molecular complexity index is 826. The molecule has 0 aromatic heterocycles. The quantitative estimate of drug-likeness (QED) is 0.0348. The van der Waals surface area contributed by atoms with E-state index in [1.807, 2.05) is 0 Å². The maximum Gasteiger partial charge on any atom is 0.306 e. The molecule has 55 heavy (non-hydrogen) atoms. The van der Waals surface area contributed by atoms with Crippen molar-refractivity contribution in [2.24, 2.45) is 5.92 Å². The van der Waals surface area contributed by atoms with E-state index in [1.54, 1.807) is 0 Å². The predicted octanol–water partition coefficient (Wildman–Crippen LogP) is 15.5. The minimum Gasteiger partial charge on any atom is -0.462 e. The van der Waals surface area contributed by atoms with Crippen molar-refractivity contribution in [2.75, 3.05) is 13.2 Å². The summed E-state index contributed by atoms with van der Waals surface area (Å²) in [6, 6.07) is 0. The van der Waals surface area contributed by atoms with Crippen molar-refractivity contribution in [2.45, 2.75) is 278 Å². The average molecular weight is 779 g/mol. The highest BCUT2D eigenvalue weighted by Gasteiger charge is 2.19. The van der Waals surface area contributed by atoms with Gasteiger partial charge < -0.3 is 14.2 Å². The third-order valence-electron chi connectivity index (χ3n) is 11.0. The van der Waals surface area contributed by atoms with Crippen molar-refractivity contribution in [3.05, 3.63) is 0 Å². The molecule has 0 saturated heterocycles. The lowest BCUT2D eigenvalue weighted by Gasteiger charge is -2.18. The van der Waals surface area contributed by atoms with Crippen molar-refractivity contribution >= 4 is 17.9 Å². The van der Waals surface area contributed by atoms with E-state index < -0.39 is 6.10 Å². The first-order chi connectivity index (χ1) is 26.9. The molecule has 0 fully saturated rings. The van der Waals surface area contributed by atoms with E-state index in [4.69, 9.17) is 14.2 Å². The largest absolute Gasteiger partial charge is 0.462 e. The zero-order valence-corrected chi connectivity index (χ0v) is 37.4. The Morgan fingerprint density at radius 1 is 0.345 bits per heavy atom. The van der Waals surface area contributed by atoms with E-state index in [1.165, 1.54) is 161 Å². The number of hydrogen-bond donors (Lipinski definition) is 0. The summed E-state index contributed by atoms with van der Waals surface area (Å²) in [4.78, 5) is 37.6. The van der Waals surface area contributed by atoms with Crippen LogP contribution in [0.5, 0.6) is 0 Å². The molecule has 0 amide bonds. The van der Waals surface area contributed by atoms with E-state index in [0.29, 0.717) is 19.3 Å². The number of carbonyl (C=O) groups is 3. The highest BCUT2D eigenvalue weighted by molar-refractivity contribution is 5.71. The molecule has 0 aliphatic carbocycles. The number of ether oxygens (including phenoxy) is 3. The van der Waals surface area contributed by atoms with Gasteiger partial charge in [-0.2, -0.15) is 0 Å². The smallest absolute Gasteiger partial charge is 0.306 e. The number of carbonyl (C=O) groups excluding carboxylic acids is 3. The van der Waals surface area contributed by atoms with E-state index in [9.17, 15) is 14.4 Å². The molecule has 0 N–H and O–H groups in total. The Morgan fingerprint density at radius 3 is 0.891 bits per heavy atom. The van der Waals surface area contributed by atoms with E-state index in [0.717, 1.165) is 70.1 Å². The van der Waals surface area contributed by atoms with Crippen LogP contribution >= 0.6 is 0 Å². The van der Waals surface area contributed by atoms with Gasteiger partial charge in [0, 0.05) is 19.3 Å². The number of rotatable bonds is 44. The minimum atomic E-state index is -0.758. The number of unbranched alkanes of at least 4 members (excludes halogenated alkanes) is 31. The summed E-state index contributed by atoms with van der Waals surface area (Å²) in [5.74, 6) is -0.0147. The zero-order valence-electron chi connectivity index (χ0n) is 37.4. The predicted molar refractivity (Wildman–Crippen MR) is 233 cm³/mol. The first kappa shape index (κ1) is 53.4. The third-order valence-corrected chi connectivity index (χ3v) is 11.0. The van der Waals surface area contributed by atoms with Crippen LogP contribution < -0.4 is 0 Å². The summed E-state index contributed by atoms with van der Waals surface area (Å²) in [6.07, 6.45) is 44.0. The van der Waals surface area contributed by atoms with Gasteiger partial charge >= 0.3 is 17.9 Å². The van der Waals surface area contributed by atoms with Crippen LogP contribution in [0.3, 0.4) is 0 Å². The third kappa shape index (κ3) is 43.4. The minimum absolute atomic E-state index is 0.0641. The van der Waals surface area contributed by atoms with E-state index in [2.05, 4.69) is 27.7 Å². The summed E-state index contributed by atoms with van der Waals surface area (Å²) in [5, 5.41) is 0. The molecule has 0 saturated carbocycles. The Kier molecular flexibility index (Phi) is 42.3. The highest BCUT2D eigenvalue weighted by Crippen LogP contribution is 2.17. The van der Waals surface area contributed by atoms with Gasteiger partial charge in [-0.15, -0.1) is 0 Å². The second-order valence-electron chi connectivity index (χ2n) is 17.2. The van der Waals surface area contributed by atoms with Crippen molar-refractivity contribution in [3.8, 4) is 0 Å². The fourth-order valence-corrected chi connectivity index (χ4v) is 7.33. The van der Waals surface area contributed by atoms with Gasteiger partial charge in [-0.05, 0) is 25.2 Å². The lowest BCUT2D eigenvalue weighted by molar-refractivity contribution is -0.167. The van der Waals surface area contributed by atoms with Crippen LogP contribution in [-0.4, -0.2) is 37.2 Å². The highest BCUT2D eigenvalue weighted by atomic mass is 16.6. The normalized spacial score (nSPS) is 11.9. The van der Waals surface area contributed by atoms with Crippen molar-refractivity contribution in [3.63, 3.8) is 0 Å². The second kappa shape index (κ2) is 43.5. The molecule has 0 spiro atoms. The Hall–Kier alpha value is -1.59. The molecule has 0 rings (SSSR count). The zero-order chi connectivity index (χ0) is 40.3. The molecule has 0 aromatic rings. The molecule has 0 radical (unpaired) electrons. The first-order valence-corrected chi connectivity index (χ1v) is 24.4. The number of hydrogen-bond acceptors (Lipinski definition) is 6. The molecule has 0 aliphatic heterocycles. The van der Waals surface area contributed by atoms with Crippen LogP contribution in [0.2, 0.25) is 0 Å². The van der Waals surface area contributed by atoms with E-state index >= 15 is 0 Å². The van der Waals surface area contributed by atoms with Crippen LogP contribution in [-0.2, 0) is 28.6 Å². The maximum absolute atomic E-state index is 12.7. The molecular weight excluding hydrogens is 685 g/mol. The summed E-state index contributed by atoms with van der Waals surface area (Å²) in [7, 11) is 0. The van der Waals surface area contributed by atoms with Crippen LogP contribution in [0.1, 0.15) is 272 Å². The van der Waals surface area contributed by atoms with Crippen LogP contribution in [0.15, 0.2) is 0 Å². The molecular formula is C49H94O6. The molecule has 1 atom stereocenters. The van der Waals surface area contributed by atoms with Crippen LogP contribution in [0.4, 0.5) is 0 Å². The Morgan fingerprint density at radius 2 is 0.600 bits per heavy atom. The maximum atomic E-state index is 12.7. The average Bonchev–Trinajstić information content (AvgIpc) is 3.17. The van der Waals surface area contributed by atoms with E-state index in [-0.39, 0.29) is 31.1 Å². The monoisotopic (exact) mass is 779 g/mol. The molecule has 0 bridgehead atoms. The summed E-state index contributed by atoms with van der Waals surface area (Å²) < 4.78 is 16.6. The van der Waals surface area contributed by atoms with Crippen LogP contribution in [0, 0.1) is 5.92 Å². The first-order valence-electron chi connectivity index (χ1n) is 24.4. The van der Waals surface area contributed by atoms with Crippen molar-refractivity contribution < 1.29 is 28.6 Å². The molecule has 6 heteroatoms. The van der Waals surface area contributed by atoms with Crippen molar-refractivity contribution in [1.29, 1.82) is 0 Å². The molecule has 0 unspecified atom stereocenters. The number of esters is 3. The Balaban J connectivity index is 4.13. The lowest BCUT2D eigenvalue weighted by atomic mass is 10.0. The fourth-order valence-electron chi connectivity index (χ4n) is 7.33. The molecule has 326 valence electrons. The van der Waals surface area contributed by atoms with Gasteiger partial charge in [-0.25, -0.2) is 0 Å². The summed E-state index contributed by atoms with van der Waals surface area (Å²) in [5.41, 5.74) is 0. The van der Waals surface area contributed by atoms with Gasteiger partial charge in [0.05, 0.1) is 0 Å². The van der Waals surface area contributed by atoms with Gasteiger partial charge in [0.25, 0.3) is 0 Å². The Labute approximate surface area is 342 Å². The molecule has 0 aliphatic rings. The summed E-state index contributed by atoms with van der Waals surface area (Å²) >= 11 is 0. The van der Waals surface area contributed by atoms with Gasteiger partial charge in [0.1, 0.15) is 13.2 Å². The van der Waals surface area contributed by atoms with Gasteiger partial charge in [-0.1, -0.05) is 233 Å². The summed E-state index contributed by atoms with van der Waals surface area (Å²) in [6.45, 7) is 8.95. The second-order valence-corrected chi connectivity index (χ2v) is 17.2. The fraction of sp³-hybridized carbons (Fsp3) is 0.939. The molecule has 0 aromatic carbocycles. The lowest BCUT2D eigenvalue weighted by Crippen LogP contribution is -2.30.